The van der Waals surface area contributed by atoms with E-state index in [4.69, 9.17) is 0 Å². The van der Waals surface area contributed by atoms with Crippen LogP contribution in [0.4, 0.5) is 10.8 Å². The molecule has 1 aliphatic carbocycles. The predicted octanol–water partition coefficient (Wildman–Crippen LogP) is 4.66. The summed E-state index contributed by atoms with van der Waals surface area (Å²) in [6.45, 7) is 2.69. The summed E-state index contributed by atoms with van der Waals surface area (Å²) < 4.78 is 28.0. The van der Waals surface area contributed by atoms with Crippen LogP contribution in [0, 0.1) is 5.92 Å². The third kappa shape index (κ3) is 3.93. The van der Waals surface area contributed by atoms with Crippen molar-refractivity contribution in [2.75, 3.05) is 16.2 Å². The van der Waals surface area contributed by atoms with Gasteiger partial charge in [-0.2, -0.15) is 0 Å². The lowest BCUT2D eigenvalue weighted by molar-refractivity contribution is 0.102. The third-order valence-electron chi connectivity index (χ3n) is 6.18. The molecule has 6 nitrogen and oxygen atoms in total. The summed E-state index contributed by atoms with van der Waals surface area (Å²) in [5.41, 5.74) is 3.28. The summed E-state index contributed by atoms with van der Waals surface area (Å²) in [7, 11) is -3.69. The molecule has 0 fully saturated rings. The number of hydrogen-bond acceptors (Lipinski definition) is 5. The van der Waals surface area contributed by atoms with Crippen molar-refractivity contribution in [2.24, 2.45) is 5.92 Å². The molecule has 0 saturated heterocycles. The van der Waals surface area contributed by atoms with E-state index in [1.165, 1.54) is 32.7 Å². The number of anilines is 2. The number of fused-ring (bicyclic) bond motifs is 2. The topological polar surface area (TPSA) is 79.4 Å². The Morgan fingerprint density at radius 2 is 1.91 bits per heavy atom. The fourth-order valence-corrected chi connectivity index (χ4v) is 7.12. The molecule has 0 unspecified atom stereocenters. The largest absolute Gasteiger partial charge is 0.298 e. The first-order valence-electron chi connectivity index (χ1n) is 10.9. The maximum atomic E-state index is 13.3. The molecule has 1 amide bonds. The minimum Gasteiger partial charge on any atom is -0.298 e. The zero-order valence-corrected chi connectivity index (χ0v) is 19.5. The molecule has 1 atom stereocenters. The number of rotatable bonds is 4. The first kappa shape index (κ1) is 21.2. The second kappa shape index (κ2) is 8.33. The molecule has 0 spiro atoms. The van der Waals surface area contributed by atoms with Crippen LogP contribution in [0.3, 0.4) is 0 Å². The number of aryl methyl sites for hydroxylation is 2. The molecule has 1 N–H and O–H groups in total. The molecule has 0 radical (unpaired) electrons. The van der Waals surface area contributed by atoms with Crippen molar-refractivity contribution >= 4 is 38.1 Å². The number of benzene rings is 2. The van der Waals surface area contributed by atoms with E-state index in [9.17, 15) is 13.2 Å². The Morgan fingerprint density at radius 1 is 1.12 bits per heavy atom. The van der Waals surface area contributed by atoms with E-state index in [-0.39, 0.29) is 10.8 Å². The van der Waals surface area contributed by atoms with Crippen molar-refractivity contribution in [3.8, 4) is 0 Å². The normalized spacial score (nSPS) is 18.0. The van der Waals surface area contributed by atoms with Crippen LogP contribution in [-0.2, 0) is 29.3 Å². The number of aromatic nitrogens is 1. The van der Waals surface area contributed by atoms with Gasteiger partial charge in [0.05, 0.1) is 16.3 Å². The van der Waals surface area contributed by atoms with E-state index in [2.05, 4.69) is 17.2 Å². The maximum absolute atomic E-state index is 13.3. The van der Waals surface area contributed by atoms with Crippen LogP contribution in [0.5, 0.6) is 0 Å². The molecule has 2 heterocycles. The molecule has 2 aliphatic rings. The van der Waals surface area contributed by atoms with Crippen molar-refractivity contribution in [3.63, 3.8) is 0 Å². The minimum atomic E-state index is -3.69. The Hall–Kier alpha value is -2.71. The second-order valence-electron chi connectivity index (χ2n) is 8.52. The number of nitrogens with one attached hydrogen (secondary N) is 1. The van der Waals surface area contributed by atoms with Crippen LogP contribution in [0.25, 0.3) is 0 Å². The van der Waals surface area contributed by atoms with Crippen LogP contribution >= 0.6 is 11.3 Å². The number of carbonyl (C=O) groups is 1. The van der Waals surface area contributed by atoms with Crippen molar-refractivity contribution in [2.45, 2.75) is 43.9 Å². The van der Waals surface area contributed by atoms with Gasteiger partial charge in [0.1, 0.15) is 0 Å². The van der Waals surface area contributed by atoms with Crippen molar-refractivity contribution in [1.82, 2.24) is 4.98 Å². The van der Waals surface area contributed by atoms with Crippen LogP contribution < -0.4 is 9.62 Å². The summed E-state index contributed by atoms with van der Waals surface area (Å²) in [6.07, 6.45) is 4.75. The fourth-order valence-electron chi connectivity index (χ4n) is 4.42. The highest BCUT2D eigenvalue weighted by Crippen LogP contribution is 2.33. The number of thiazole rings is 1. The van der Waals surface area contributed by atoms with Crippen LogP contribution in [0.2, 0.25) is 0 Å². The zero-order valence-electron chi connectivity index (χ0n) is 17.9. The van der Waals surface area contributed by atoms with Crippen LogP contribution in [-0.4, -0.2) is 25.9 Å². The summed E-state index contributed by atoms with van der Waals surface area (Å²) in [5, 5.41) is 3.48. The summed E-state index contributed by atoms with van der Waals surface area (Å²) in [6, 6.07) is 13.8. The van der Waals surface area contributed by atoms with Crippen LogP contribution in [0.1, 0.15) is 46.3 Å². The average molecular weight is 468 g/mol. The summed E-state index contributed by atoms with van der Waals surface area (Å²) in [5.74, 6) is 0.365. The van der Waals surface area contributed by atoms with Gasteiger partial charge in [-0.1, -0.05) is 25.1 Å². The molecule has 0 saturated carbocycles. The number of hydrogen-bond donors (Lipinski definition) is 1. The molecule has 1 aliphatic heterocycles. The van der Waals surface area contributed by atoms with Crippen LogP contribution in [0.15, 0.2) is 53.4 Å². The second-order valence-corrected chi connectivity index (χ2v) is 11.5. The highest BCUT2D eigenvalue weighted by molar-refractivity contribution is 7.92. The van der Waals surface area contributed by atoms with Gasteiger partial charge in [-0.15, -0.1) is 11.3 Å². The van der Waals surface area contributed by atoms with E-state index < -0.39 is 10.0 Å². The lowest BCUT2D eigenvalue weighted by Gasteiger charge is -2.30. The number of para-hydroxylation sites is 1. The molecular weight excluding hydrogens is 442 g/mol. The molecule has 2 aromatic carbocycles. The van der Waals surface area contributed by atoms with Crippen molar-refractivity contribution < 1.29 is 13.2 Å². The molecule has 3 aromatic rings. The van der Waals surface area contributed by atoms with Gasteiger partial charge in [-0.25, -0.2) is 13.4 Å². The molecule has 166 valence electrons. The first-order chi connectivity index (χ1) is 15.4. The number of amides is 1. The molecule has 32 heavy (non-hydrogen) atoms. The standard InChI is InChI=1S/C24H25N3O3S2/c1-16-8-13-20-22(15-16)31-24(25-20)26-23(28)18-9-11-19(12-10-18)32(29,30)27-14-4-6-17-5-2-3-7-21(17)27/h2-3,5,7,9-12,16H,4,6,8,13-15H2,1H3,(H,25,26,28)/t16-/m0/s1. The van der Waals surface area contributed by atoms with Gasteiger partial charge in [0, 0.05) is 17.0 Å². The molecule has 0 bridgehead atoms. The van der Waals surface area contributed by atoms with Crippen molar-refractivity contribution in [1.29, 1.82) is 0 Å². The number of sulfonamides is 1. The van der Waals surface area contributed by atoms with Gasteiger partial charge in [0.15, 0.2) is 5.13 Å². The van der Waals surface area contributed by atoms with Gasteiger partial charge >= 0.3 is 0 Å². The first-order valence-corrected chi connectivity index (χ1v) is 13.2. The van der Waals surface area contributed by atoms with E-state index in [0.717, 1.165) is 49.0 Å². The van der Waals surface area contributed by atoms with E-state index in [1.54, 1.807) is 12.1 Å². The average Bonchev–Trinajstić information content (AvgIpc) is 3.20. The Balaban J connectivity index is 1.34. The lowest BCUT2D eigenvalue weighted by Crippen LogP contribution is -2.35. The zero-order chi connectivity index (χ0) is 22.3. The van der Waals surface area contributed by atoms with E-state index in [0.29, 0.717) is 23.2 Å². The van der Waals surface area contributed by atoms with Gasteiger partial charge < -0.3 is 0 Å². The summed E-state index contributed by atoms with van der Waals surface area (Å²) in [4.78, 5) is 18.7. The molecular formula is C24H25N3O3S2. The highest BCUT2D eigenvalue weighted by Gasteiger charge is 2.29. The van der Waals surface area contributed by atoms with Crippen molar-refractivity contribution in [3.05, 3.63) is 70.2 Å². The summed E-state index contributed by atoms with van der Waals surface area (Å²) >= 11 is 1.54. The smallest absolute Gasteiger partial charge is 0.264 e. The number of carbonyl (C=O) groups excluding carboxylic acids is 1. The Labute approximate surface area is 192 Å². The van der Waals surface area contributed by atoms with Gasteiger partial charge in [-0.3, -0.25) is 14.4 Å². The van der Waals surface area contributed by atoms with Gasteiger partial charge in [-0.05, 0) is 73.9 Å². The molecule has 5 rings (SSSR count). The Morgan fingerprint density at radius 3 is 2.72 bits per heavy atom. The maximum Gasteiger partial charge on any atom is 0.264 e. The lowest BCUT2D eigenvalue weighted by atomic mass is 9.93. The molecule has 1 aromatic heterocycles. The number of nitrogens with zero attached hydrogens (tertiary/aromatic N) is 2. The van der Waals surface area contributed by atoms with Gasteiger partial charge in [0.25, 0.3) is 15.9 Å². The monoisotopic (exact) mass is 467 g/mol. The minimum absolute atomic E-state index is 0.185. The molecule has 8 heteroatoms. The third-order valence-corrected chi connectivity index (χ3v) is 9.04. The quantitative estimate of drug-likeness (QED) is 0.605. The highest BCUT2D eigenvalue weighted by atomic mass is 32.2. The Kier molecular flexibility index (Phi) is 5.51. The Bertz CT molecular complexity index is 1270. The SMILES string of the molecule is C[C@H]1CCc2nc(NC(=O)c3ccc(S(=O)(=O)N4CCCc5ccccc54)cc3)sc2C1. The fraction of sp³-hybridized carbons (Fsp3) is 0.333. The van der Waals surface area contributed by atoms with E-state index in [1.807, 2.05) is 24.3 Å². The van der Waals surface area contributed by atoms with E-state index >= 15 is 0 Å². The van der Waals surface area contributed by atoms with Gasteiger partial charge in [0.2, 0.25) is 0 Å². The predicted molar refractivity (Wildman–Crippen MR) is 127 cm³/mol.